The summed E-state index contributed by atoms with van der Waals surface area (Å²) in [6.07, 6.45) is -1.52. The van der Waals surface area contributed by atoms with Crippen LogP contribution in [0.2, 0.25) is 0 Å². The molecular weight excluding hydrogens is 226 g/mol. The lowest BCUT2D eigenvalue weighted by Crippen LogP contribution is -2.24. The molecule has 1 atom stereocenters. The van der Waals surface area contributed by atoms with E-state index in [4.69, 9.17) is 0 Å². The summed E-state index contributed by atoms with van der Waals surface area (Å²) in [6, 6.07) is 4.53. The Hall–Kier alpha value is -1.95. The van der Waals surface area contributed by atoms with Crippen molar-refractivity contribution < 1.29 is 19.6 Å². The first kappa shape index (κ1) is 13.1. The van der Waals surface area contributed by atoms with Crippen molar-refractivity contribution in [2.45, 2.75) is 19.4 Å². The standard InChI is InChI=1S/C11H13NO5/c1-7-3-4-9(12(15)16)8(5-7)6-10(13)11(14)17-2/h3-5,10,13H,6H2,1-2H3. The number of carbonyl (C=O) groups excluding carboxylic acids is 1. The van der Waals surface area contributed by atoms with Crippen molar-refractivity contribution in [3.8, 4) is 0 Å². The maximum absolute atomic E-state index is 11.0. The summed E-state index contributed by atoms with van der Waals surface area (Å²) in [5.41, 5.74) is 1.02. The van der Waals surface area contributed by atoms with Gasteiger partial charge in [-0.1, -0.05) is 11.6 Å². The number of aryl methyl sites for hydroxylation is 1. The SMILES string of the molecule is COC(=O)C(O)Cc1cc(C)ccc1[N+](=O)[O-]. The average molecular weight is 239 g/mol. The molecule has 6 heteroatoms. The van der Waals surface area contributed by atoms with Gasteiger partial charge in [0.1, 0.15) is 0 Å². The zero-order valence-corrected chi connectivity index (χ0v) is 9.54. The lowest BCUT2D eigenvalue weighted by atomic mass is 10.0. The van der Waals surface area contributed by atoms with Crippen molar-refractivity contribution in [1.29, 1.82) is 0 Å². The van der Waals surface area contributed by atoms with E-state index < -0.39 is 17.0 Å². The van der Waals surface area contributed by atoms with Crippen molar-refractivity contribution in [3.05, 3.63) is 39.4 Å². The molecule has 1 aromatic rings. The number of methoxy groups -OCH3 is 1. The molecule has 1 unspecified atom stereocenters. The molecule has 1 rings (SSSR count). The Kier molecular flexibility index (Phi) is 4.17. The molecule has 6 nitrogen and oxygen atoms in total. The fourth-order valence-corrected chi connectivity index (χ4v) is 1.48. The lowest BCUT2D eigenvalue weighted by Gasteiger charge is -2.09. The summed E-state index contributed by atoms with van der Waals surface area (Å²) < 4.78 is 4.36. The van der Waals surface area contributed by atoms with Crippen LogP contribution in [0.3, 0.4) is 0 Å². The second-order valence-corrected chi connectivity index (χ2v) is 3.63. The van der Waals surface area contributed by atoms with Crippen LogP contribution >= 0.6 is 0 Å². The van der Waals surface area contributed by atoms with E-state index in [9.17, 15) is 20.0 Å². The second kappa shape index (κ2) is 5.40. The molecule has 0 fully saturated rings. The number of carbonyl (C=O) groups is 1. The largest absolute Gasteiger partial charge is 0.467 e. The first-order valence-electron chi connectivity index (χ1n) is 4.95. The van der Waals surface area contributed by atoms with E-state index in [-0.39, 0.29) is 12.1 Å². The van der Waals surface area contributed by atoms with Crippen LogP contribution in [0.5, 0.6) is 0 Å². The van der Waals surface area contributed by atoms with Gasteiger partial charge in [-0.15, -0.1) is 0 Å². The summed E-state index contributed by atoms with van der Waals surface area (Å²) in [7, 11) is 1.15. The highest BCUT2D eigenvalue weighted by atomic mass is 16.6. The van der Waals surface area contributed by atoms with Gasteiger partial charge >= 0.3 is 5.97 Å². The summed E-state index contributed by atoms with van der Waals surface area (Å²) in [6.45, 7) is 1.78. The molecular formula is C11H13NO5. The normalized spacial score (nSPS) is 11.9. The molecule has 0 aromatic heterocycles. The fraction of sp³-hybridized carbons (Fsp3) is 0.364. The molecule has 0 heterocycles. The first-order valence-corrected chi connectivity index (χ1v) is 4.95. The van der Waals surface area contributed by atoms with Gasteiger partial charge in [-0.3, -0.25) is 10.1 Å². The number of nitrogens with zero attached hydrogens (tertiary/aromatic N) is 1. The molecule has 0 aliphatic carbocycles. The molecule has 0 saturated heterocycles. The highest BCUT2D eigenvalue weighted by Crippen LogP contribution is 2.21. The van der Waals surface area contributed by atoms with Gasteiger partial charge in [0.05, 0.1) is 12.0 Å². The van der Waals surface area contributed by atoms with Gasteiger partial charge in [-0.05, 0) is 13.0 Å². The first-order chi connectivity index (χ1) is 7.95. The van der Waals surface area contributed by atoms with Crippen LogP contribution in [0.15, 0.2) is 18.2 Å². The highest BCUT2D eigenvalue weighted by molar-refractivity contribution is 5.74. The van der Waals surface area contributed by atoms with Gasteiger partial charge in [0.15, 0.2) is 6.10 Å². The number of rotatable bonds is 4. The van der Waals surface area contributed by atoms with Gasteiger partial charge in [0.25, 0.3) is 5.69 Å². The number of ether oxygens (including phenoxy) is 1. The predicted octanol–water partition coefficient (Wildman–Crippen LogP) is 0.980. The Morgan fingerprint density at radius 1 is 1.59 bits per heavy atom. The molecule has 0 bridgehead atoms. The molecule has 1 aromatic carbocycles. The smallest absolute Gasteiger partial charge is 0.335 e. The quantitative estimate of drug-likeness (QED) is 0.480. The summed E-state index contributed by atoms with van der Waals surface area (Å²) in [4.78, 5) is 21.3. The van der Waals surface area contributed by atoms with E-state index in [1.54, 1.807) is 19.1 Å². The van der Waals surface area contributed by atoms with E-state index >= 15 is 0 Å². The third-order valence-electron chi connectivity index (χ3n) is 2.32. The molecule has 17 heavy (non-hydrogen) atoms. The van der Waals surface area contributed by atoms with Crippen LogP contribution in [-0.4, -0.2) is 29.2 Å². The molecule has 0 aliphatic heterocycles. The Balaban J connectivity index is 3.00. The molecule has 0 radical (unpaired) electrons. The van der Waals surface area contributed by atoms with Crippen LogP contribution in [0, 0.1) is 17.0 Å². The van der Waals surface area contributed by atoms with Gasteiger partial charge in [0, 0.05) is 18.1 Å². The number of benzene rings is 1. The molecule has 0 amide bonds. The topological polar surface area (TPSA) is 89.7 Å². The third-order valence-corrected chi connectivity index (χ3v) is 2.32. The third kappa shape index (κ3) is 3.25. The zero-order chi connectivity index (χ0) is 13.0. The van der Waals surface area contributed by atoms with Crippen molar-refractivity contribution in [2.75, 3.05) is 7.11 Å². The van der Waals surface area contributed by atoms with E-state index in [0.717, 1.165) is 12.7 Å². The summed E-state index contributed by atoms with van der Waals surface area (Å²) in [5.74, 6) is -0.805. The Morgan fingerprint density at radius 3 is 2.76 bits per heavy atom. The molecule has 92 valence electrons. The number of esters is 1. The highest BCUT2D eigenvalue weighted by Gasteiger charge is 2.21. The van der Waals surface area contributed by atoms with E-state index in [1.807, 2.05) is 0 Å². The number of nitro groups is 1. The van der Waals surface area contributed by atoms with Gasteiger partial charge in [-0.2, -0.15) is 0 Å². The monoisotopic (exact) mass is 239 g/mol. The molecule has 0 aliphatic rings. The van der Waals surface area contributed by atoms with Crippen molar-refractivity contribution >= 4 is 11.7 Å². The minimum Gasteiger partial charge on any atom is -0.467 e. The van der Waals surface area contributed by atoms with Crippen molar-refractivity contribution in [3.63, 3.8) is 0 Å². The van der Waals surface area contributed by atoms with Crippen LogP contribution in [0.4, 0.5) is 5.69 Å². The number of hydrogen-bond donors (Lipinski definition) is 1. The average Bonchev–Trinajstić information content (AvgIpc) is 2.27. The zero-order valence-electron chi connectivity index (χ0n) is 9.54. The molecule has 1 N–H and O–H groups in total. The van der Waals surface area contributed by atoms with E-state index in [2.05, 4.69) is 4.74 Å². The van der Waals surface area contributed by atoms with Gasteiger partial charge in [0.2, 0.25) is 0 Å². The van der Waals surface area contributed by atoms with E-state index in [0.29, 0.717) is 5.56 Å². The number of nitro benzene ring substituents is 1. The summed E-state index contributed by atoms with van der Waals surface area (Å²) >= 11 is 0. The lowest BCUT2D eigenvalue weighted by molar-refractivity contribution is -0.385. The van der Waals surface area contributed by atoms with Crippen molar-refractivity contribution in [1.82, 2.24) is 0 Å². The van der Waals surface area contributed by atoms with Crippen LogP contribution in [0.1, 0.15) is 11.1 Å². The van der Waals surface area contributed by atoms with Crippen LogP contribution in [0.25, 0.3) is 0 Å². The second-order valence-electron chi connectivity index (χ2n) is 3.63. The number of aliphatic hydroxyl groups is 1. The molecule has 0 saturated carbocycles. The fourth-order valence-electron chi connectivity index (χ4n) is 1.48. The summed E-state index contributed by atoms with van der Waals surface area (Å²) in [5, 5.41) is 20.2. The minimum absolute atomic E-state index is 0.112. The number of aliphatic hydroxyl groups excluding tert-OH is 1. The Labute approximate surface area is 98.0 Å². The van der Waals surface area contributed by atoms with Gasteiger partial charge in [-0.25, -0.2) is 4.79 Å². The van der Waals surface area contributed by atoms with Crippen LogP contribution in [-0.2, 0) is 16.0 Å². The van der Waals surface area contributed by atoms with Crippen molar-refractivity contribution in [2.24, 2.45) is 0 Å². The van der Waals surface area contributed by atoms with E-state index in [1.165, 1.54) is 6.07 Å². The molecule has 0 spiro atoms. The minimum atomic E-state index is -1.39. The van der Waals surface area contributed by atoms with Crippen LogP contribution < -0.4 is 0 Å². The van der Waals surface area contributed by atoms with Gasteiger partial charge < -0.3 is 9.84 Å². The maximum Gasteiger partial charge on any atom is 0.335 e. The maximum atomic E-state index is 11.0. The Bertz CT molecular complexity index is 443. The Morgan fingerprint density at radius 2 is 2.24 bits per heavy atom. The predicted molar refractivity (Wildman–Crippen MR) is 59.6 cm³/mol. The number of hydrogen-bond acceptors (Lipinski definition) is 5.